The van der Waals surface area contributed by atoms with Crippen LogP contribution in [0.3, 0.4) is 0 Å². The van der Waals surface area contributed by atoms with Crippen molar-refractivity contribution in [3.05, 3.63) is 32.2 Å². The molecule has 0 spiro atoms. The van der Waals surface area contributed by atoms with E-state index in [0.29, 0.717) is 0 Å². The molecule has 7 heteroatoms. The highest BCUT2D eigenvalue weighted by molar-refractivity contribution is 9.10. The van der Waals surface area contributed by atoms with Crippen LogP contribution in [-0.2, 0) is 11.2 Å². The average Bonchev–Trinajstić information content (AvgIpc) is 2.10. The van der Waals surface area contributed by atoms with Gasteiger partial charge in [-0.15, -0.1) is 0 Å². The fraction of sp³-hybridized carbons (Fsp3) is 0.250. The predicted octanol–water partition coefficient (Wildman–Crippen LogP) is 1.70. The van der Waals surface area contributed by atoms with Crippen molar-refractivity contribution in [2.24, 2.45) is 0 Å². The van der Waals surface area contributed by atoms with Crippen LogP contribution in [0, 0.1) is 0 Å². The molecule has 0 saturated carbocycles. The summed E-state index contributed by atoms with van der Waals surface area (Å²) >= 11 is 2.79. The minimum atomic E-state index is -3.00. The molecule has 0 saturated heterocycles. The van der Waals surface area contributed by atoms with E-state index in [1.54, 1.807) is 0 Å². The molecule has 4 nitrogen and oxygen atoms in total. The lowest BCUT2D eigenvalue weighted by Crippen LogP contribution is -2.17. The molecule has 1 rings (SSSR count). The highest BCUT2D eigenvalue weighted by Gasteiger charge is 2.20. The number of aromatic nitrogens is 1. The third-order valence-corrected chi connectivity index (χ3v) is 2.30. The zero-order chi connectivity index (χ0) is 11.6. The molecule has 0 radical (unpaired) electrons. The third kappa shape index (κ3) is 2.62. The second kappa shape index (κ2) is 4.52. The second-order valence-electron chi connectivity index (χ2n) is 2.73. The number of carboxylic acid groups (broad SMARTS) is 1. The smallest absolute Gasteiger partial charge is 0.309 e. The topological polar surface area (TPSA) is 70.2 Å². The van der Waals surface area contributed by atoms with Crippen molar-refractivity contribution in [1.82, 2.24) is 4.98 Å². The van der Waals surface area contributed by atoms with Crippen molar-refractivity contribution < 1.29 is 18.7 Å². The maximum absolute atomic E-state index is 12.5. The first-order chi connectivity index (χ1) is 6.93. The maximum atomic E-state index is 12.5. The molecule has 0 amide bonds. The number of aliphatic carboxylic acids is 1. The SMILES string of the molecule is O=C(O)Cc1[nH]cc(Br)c(=O)c1C(F)F. The molecule has 82 valence electrons. The van der Waals surface area contributed by atoms with Crippen LogP contribution in [0.5, 0.6) is 0 Å². The van der Waals surface area contributed by atoms with E-state index in [2.05, 4.69) is 20.9 Å². The average molecular weight is 282 g/mol. The Kier molecular flexibility index (Phi) is 3.57. The molecule has 0 aliphatic rings. The van der Waals surface area contributed by atoms with E-state index in [0.717, 1.165) is 6.20 Å². The first kappa shape index (κ1) is 11.8. The maximum Gasteiger partial charge on any atom is 0.309 e. The molecular formula is C8H6BrF2NO3. The van der Waals surface area contributed by atoms with Gasteiger partial charge in [0.25, 0.3) is 6.43 Å². The number of carboxylic acids is 1. The summed E-state index contributed by atoms with van der Waals surface area (Å²) < 4.78 is 24.9. The molecule has 0 aromatic carbocycles. The van der Waals surface area contributed by atoms with Crippen molar-refractivity contribution in [3.8, 4) is 0 Å². The molecule has 1 heterocycles. The summed E-state index contributed by atoms with van der Waals surface area (Å²) in [4.78, 5) is 24.0. The van der Waals surface area contributed by atoms with Crippen LogP contribution in [0.15, 0.2) is 15.5 Å². The van der Waals surface area contributed by atoms with E-state index in [-0.39, 0.29) is 10.2 Å². The molecule has 1 aromatic rings. The third-order valence-electron chi connectivity index (χ3n) is 1.71. The van der Waals surface area contributed by atoms with E-state index in [1.807, 2.05) is 0 Å². The molecule has 0 fully saturated rings. The molecule has 1 aromatic heterocycles. The normalized spacial score (nSPS) is 10.7. The number of alkyl halides is 2. The van der Waals surface area contributed by atoms with Gasteiger partial charge in [-0.2, -0.15) is 0 Å². The molecular weight excluding hydrogens is 276 g/mol. The Hall–Kier alpha value is -1.24. The number of rotatable bonds is 3. The first-order valence-corrected chi connectivity index (χ1v) is 4.62. The van der Waals surface area contributed by atoms with Gasteiger partial charge in [0.05, 0.1) is 16.5 Å². The van der Waals surface area contributed by atoms with E-state index < -0.39 is 29.8 Å². The van der Waals surface area contributed by atoms with Crippen molar-refractivity contribution >= 4 is 21.9 Å². The van der Waals surface area contributed by atoms with Gasteiger partial charge < -0.3 is 10.1 Å². The summed E-state index contributed by atoms with van der Waals surface area (Å²) in [6.07, 6.45) is -2.49. The number of carbonyl (C=O) groups is 1. The highest BCUT2D eigenvalue weighted by Crippen LogP contribution is 2.20. The predicted molar refractivity (Wildman–Crippen MR) is 51.1 cm³/mol. The van der Waals surface area contributed by atoms with Crippen LogP contribution >= 0.6 is 15.9 Å². The Morgan fingerprint density at radius 1 is 1.60 bits per heavy atom. The molecule has 0 aliphatic carbocycles. The van der Waals surface area contributed by atoms with Crippen LogP contribution in [0.4, 0.5) is 8.78 Å². The lowest BCUT2D eigenvalue weighted by molar-refractivity contribution is -0.136. The van der Waals surface area contributed by atoms with Gasteiger partial charge in [0.15, 0.2) is 0 Å². The monoisotopic (exact) mass is 281 g/mol. The van der Waals surface area contributed by atoms with E-state index in [9.17, 15) is 18.4 Å². The van der Waals surface area contributed by atoms with Crippen molar-refractivity contribution in [2.45, 2.75) is 12.8 Å². The van der Waals surface area contributed by atoms with Crippen molar-refractivity contribution in [2.75, 3.05) is 0 Å². The minimum Gasteiger partial charge on any atom is -0.481 e. The Bertz CT molecular complexity index is 444. The number of nitrogens with one attached hydrogen (secondary N) is 1. The number of aromatic amines is 1. The molecule has 0 atom stereocenters. The zero-order valence-corrected chi connectivity index (χ0v) is 8.85. The Morgan fingerprint density at radius 2 is 2.20 bits per heavy atom. The summed E-state index contributed by atoms with van der Waals surface area (Å²) in [6.45, 7) is 0. The Morgan fingerprint density at radius 3 is 2.67 bits per heavy atom. The zero-order valence-electron chi connectivity index (χ0n) is 7.26. The van der Waals surface area contributed by atoms with Gasteiger partial charge in [-0.3, -0.25) is 9.59 Å². The van der Waals surface area contributed by atoms with Crippen LogP contribution < -0.4 is 5.43 Å². The molecule has 0 bridgehead atoms. The number of pyridine rings is 1. The van der Waals surface area contributed by atoms with Crippen molar-refractivity contribution in [1.29, 1.82) is 0 Å². The summed E-state index contributed by atoms with van der Waals surface area (Å²) in [5, 5.41) is 8.45. The van der Waals surface area contributed by atoms with Gasteiger partial charge in [0, 0.05) is 11.9 Å². The number of halogens is 3. The van der Waals surface area contributed by atoms with E-state index in [4.69, 9.17) is 5.11 Å². The van der Waals surface area contributed by atoms with Crippen LogP contribution in [0.2, 0.25) is 0 Å². The Balaban J connectivity index is 3.33. The van der Waals surface area contributed by atoms with Gasteiger partial charge in [-0.1, -0.05) is 0 Å². The number of hydrogen-bond acceptors (Lipinski definition) is 2. The lowest BCUT2D eigenvalue weighted by Gasteiger charge is -2.06. The fourth-order valence-corrected chi connectivity index (χ4v) is 1.42. The second-order valence-corrected chi connectivity index (χ2v) is 3.58. The summed E-state index contributed by atoms with van der Waals surface area (Å²) in [7, 11) is 0. The number of hydrogen-bond donors (Lipinski definition) is 2. The fourth-order valence-electron chi connectivity index (χ4n) is 1.09. The molecule has 15 heavy (non-hydrogen) atoms. The van der Waals surface area contributed by atoms with Gasteiger partial charge in [-0.25, -0.2) is 8.78 Å². The quantitative estimate of drug-likeness (QED) is 0.886. The molecule has 0 unspecified atom stereocenters. The summed E-state index contributed by atoms with van der Waals surface area (Å²) in [5.74, 6) is -1.28. The van der Waals surface area contributed by atoms with Gasteiger partial charge in [-0.05, 0) is 15.9 Å². The van der Waals surface area contributed by atoms with Crippen molar-refractivity contribution in [3.63, 3.8) is 0 Å². The minimum absolute atomic E-state index is 0.0491. The van der Waals surface area contributed by atoms with Gasteiger partial charge >= 0.3 is 5.97 Å². The lowest BCUT2D eigenvalue weighted by atomic mass is 10.1. The number of H-pyrrole nitrogens is 1. The largest absolute Gasteiger partial charge is 0.481 e. The summed E-state index contributed by atoms with van der Waals surface area (Å²) in [6, 6.07) is 0. The van der Waals surface area contributed by atoms with E-state index in [1.165, 1.54) is 0 Å². The highest BCUT2D eigenvalue weighted by atomic mass is 79.9. The van der Waals surface area contributed by atoms with Crippen LogP contribution in [0.25, 0.3) is 0 Å². The molecule has 0 aliphatic heterocycles. The summed E-state index contributed by atoms with van der Waals surface area (Å²) in [5.41, 5.74) is -1.96. The molecule has 2 N–H and O–H groups in total. The van der Waals surface area contributed by atoms with E-state index >= 15 is 0 Å². The standard InChI is InChI=1S/C8H6BrF2NO3/c9-3-2-12-4(1-5(13)14)6(7(3)15)8(10)11/h2,8H,1H2,(H,12,15)(H,13,14). The van der Waals surface area contributed by atoms with Gasteiger partial charge in [0.1, 0.15) is 0 Å². The Labute approximate surface area is 91.1 Å². The van der Waals surface area contributed by atoms with Crippen LogP contribution in [-0.4, -0.2) is 16.1 Å². The van der Waals surface area contributed by atoms with Gasteiger partial charge in [0.2, 0.25) is 5.43 Å². The first-order valence-electron chi connectivity index (χ1n) is 3.83. The van der Waals surface area contributed by atoms with Crippen LogP contribution in [0.1, 0.15) is 17.7 Å².